The molecule has 0 heterocycles. The van der Waals surface area contributed by atoms with Gasteiger partial charge in [0.05, 0.1) is 19.8 Å². The summed E-state index contributed by atoms with van der Waals surface area (Å²) in [6, 6.07) is 7.67. The molecular weight excluding hydrogens is 216 g/mol. The molecule has 3 heteroatoms. The normalized spacial score (nSPS) is 13.8. The zero-order valence-electron chi connectivity index (χ0n) is 10.2. The molecule has 0 saturated carbocycles. The summed E-state index contributed by atoms with van der Waals surface area (Å²) in [4.78, 5) is 0. The van der Waals surface area contributed by atoms with Crippen LogP contribution in [0, 0.1) is 12.3 Å². The Morgan fingerprint density at radius 2 is 2.00 bits per heavy atom. The predicted molar refractivity (Wildman–Crippen MR) is 66.7 cm³/mol. The quantitative estimate of drug-likeness (QED) is 0.765. The minimum absolute atomic E-state index is 0.0665. The molecule has 1 aromatic rings. The Balaban J connectivity index is 2.37. The Kier molecular flexibility index (Phi) is 5.55. The van der Waals surface area contributed by atoms with Crippen LogP contribution < -0.4 is 4.74 Å². The molecule has 17 heavy (non-hydrogen) atoms. The second-order valence-corrected chi connectivity index (χ2v) is 3.89. The van der Waals surface area contributed by atoms with Crippen LogP contribution in [0.4, 0.5) is 0 Å². The van der Waals surface area contributed by atoms with E-state index in [1.807, 2.05) is 31.2 Å². The molecule has 1 rings (SSSR count). The lowest BCUT2D eigenvalue weighted by Gasteiger charge is -2.14. The Morgan fingerprint density at radius 1 is 1.35 bits per heavy atom. The molecule has 0 aliphatic carbocycles. The first kappa shape index (κ1) is 13.6. The molecule has 1 N–H and O–H groups in total. The molecule has 0 amide bonds. The average molecular weight is 234 g/mol. The third kappa shape index (κ3) is 4.90. The minimum Gasteiger partial charge on any atom is -0.497 e. The van der Waals surface area contributed by atoms with Crippen molar-refractivity contribution in [1.82, 2.24) is 0 Å². The number of benzene rings is 1. The van der Waals surface area contributed by atoms with Gasteiger partial charge in [0, 0.05) is 6.42 Å². The van der Waals surface area contributed by atoms with Gasteiger partial charge in [-0.25, -0.2) is 0 Å². The van der Waals surface area contributed by atoms with Crippen LogP contribution in [-0.4, -0.2) is 24.4 Å². The van der Waals surface area contributed by atoms with Gasteiger partial charge in [0.15, 0.2) is 0 Å². The molecule has 0 aromatic heterocycles. The van der Waals surface area contributed by atoms with E-state index in [4.69, 9.17) is 15.9 Å². The standard InChI is InChI=1S/C14H18O3/c1-4-13(15)9-11(2)17-10-12-5-7-14(16-3)8-6-12/h1,5-8,11,13,15H,9-10H2,2-3H3/t11-,13-/m1/s1. The van der Waals surface area contributed by atoms with Crippen LogP contribution in [0.25, 0.3) is 0 Å². The zero-order chi connectivity index (χ0) is 12.7. The highest BCUT2D eigenvalue weighted by molar-refractivity contribution is 5.26. The molecule has 0 fully saturated rings. The average Bonchev–Trinajstić information content (AvgIpc) is 2.36. The molecule has 0 aliphatic rings. The van der Waals surface area contributed by atoms with Crippen molar-refractivity contribution in [1.29, 1.82) is 0 Å². The van der Waals surface area contributed by atoms with Gasteiger partial charge in [-0.2, -0.15) is 0 Å². The van der Waals surface area contributed by atoms with Crippen molar-refractivity contribution in [2.24, 2.45) is 0 Å². The molecule has 3 nitrogen and oxygen atoms in total. The van der Waals surface area contributed by atoms with E-state index in [9.17, 15) is 5.11 Å². The summed E-state index contributed by atoms with van der Waals surface area (Å²) in [5.74, 6) is 3.09. The molecule has 0 bridgehead atoms. The van der Waals surface area contributed by atoms with Gasteiger partial charge in [-0.15, -0.1) is 6.42 Å². The van der Waals surface area contributed by atoms with Crippen LogP contribution in [0.15, 0.2) is 24.3 Å². The number of methoxy groups -OCH3 is 1. The second kappa shape index (κ2) is 6.95. The topological polar surface area (TPSA) is 38.7 Å². The summed E-state index contributed by atoms with van der Waals surface area (Å²) >= 11 is 0. The lowest BCUT2D eigenvalue weighted by molar-refractivity contribution is 0.0263. The first-order valence-corrected chi connectivity index (χ1v) is 5.54. The summed E-state index contributed by atoms with van der Waals surface area (Å²) in [6.45, 7) is 2.40. The van der Waals surface area contributed by atoms with Crippen LogP contribution in [0.3, 0.4) is 0 Å². The number of aliphatic hydroxyl groups is 1. The van der Waals surface area contributed by atoms with E-state index in [2.05, 4.69) is 5.92 Å². The monoisotopic (exact) mass is 234 g/mol. The summed E-state index contributed by atoms with van der Waals surface area (Å²) in [6.07, 6.45) is 4.74. The predicted octanol–water partition coefficient (Wildman–Crippen LogP) is 1.98. The molecule has 1 aromatic carbocycles. The lowest BCUT2D eigenvalue weighted by Crippen LogP contribution is -2.16. The van der Waals surface area contributed by atoms with E-state index in [1.54, 1.807) is 7.11 Å². The minimum atomic E-state index is -0.735. The number of hydrogen-bond acceptors (Lipinski definition) is 3. The SMILES string of the molecule is C#C[C@@H](O)C[C@@H](C)OCc1ccc(OC)cc1. The van der Waals surface area contributed by atoms with Crippen molar-refractivity contribution in [2.75, 3.05) is 7.11 Å². The number of hydrogen-bond donors (Lipinski definition) is 1. The highest BCUT2D eigenvalue weighted by atomic mass is 16.5. The molecule has 2 atom stereocenters. The fourth-order valence-corrected chi connectivity index (χ4v) is 1.41. The molecule has 0 unspecified atom stereocenters. The van der Waals surface area contributed by atoms with Crippen molar-refractivity contribution in [2.45, 2.75) is 32.2 Å². The second-order valence-electron chi connectivity index (χ2n) is 3.89. The summed E-state index contributed by atoms with van der Waals surface area (Å²) in [7, 11) is 1.63. The van der Waals surface area contributed by atoms with Crippen LogP contribution in [0.5, 0.6) is 5.75 Å². The molecular formula is C14H18O3. The van der Waals surface area contributed by atoms with E-state index in [0.717, 1.165) is 11.3 Å². The van der Waals surface area contributed by atoms with Gasteiger partial charge >= 0.3 is 0 Å². The van der Waals surface area contributed by atoms with Gasteiger partial charge in [0.25, 0.3) is 0 Å². The Morgan fingerprint density at radius 3 is 2.53 bits per heavy atom. The highest BCUT2D eigenvalue weighted by Gasteiger charge is 2.08. The molecule has 92 valence electrons. The molecule has 0 saturated heterocycles. The maximum atomic E-state index is 9.26. The Hall–Kier alpha value is -1.50. The Bertz CT molecular complexity index is 364. The summed E-state index contributed by atoms with van der Waals surface area (Å²) < 4.78 is 10.6. The smallest absolute Gasteiger partial charge is 0.118 e. The van der Waals surface area contributed by atoms with E-state index >= 15 is 0 Å². The first-order chi connectivity index (χ1) is 8.15. The van der Waals surface area contributed by atoms with Crippen LogP contribution >= 0.6 is 0 Å². The lowest BCUT2D eigenvalue weighted by atomic mass is 10.2. The van der Waals surface area contributed by atoms with Crippen molar-refractivity contribution in [3.8, 4) is 18.1 Å². The molecule has 0 radical (unpaired) electrons. The number of rotatable bonds is 6. The number of terminal acetylenes is 1. The Labute approximate surface area is 102 Å². The largest absolute Gasteiger partial charge is 0.497 e. The van der Waals surface area contributed by atoms with Crippen LogP contribution in [0.1, 0.15) is 18.9 Å². The van der Waals surface area contributed by atoms with Crippen molar-refractivity contribution in [3.63, 3.8) is 0 Å². The molecule has 0 aliphatic heterocycles. The third-order valence-electron chi connectivity index (χ3n) is 2.44. The zero-order valence-corrected chi connectivity index (χ0v) is 10.2. The van der Waals surface area contributed by atoms with E-state index in [0.29, 0.717) is 13.0 Å². The first-order valence-electron chi connectivity index (χ1n) is 5.54. The summed E-state index contributed by atoms with van der Waals surface area (Å²) in [5.41, 5.74) is 1.06. The van der Waals surface area contributed by atoms with Gasteiger partial charge < -0.3 is 14.6 Å². The van der Waals surface area contributed by atoms with Crippen molar-refractivity contribution >= 4 is 0 Å². The fraction of sp³-hybridized carbons (Fsp3) is 0.429. The van der Waals surface area contributed by atoms with Gasteiger partial charge in [-0.05, 0) is 24.6 Å². The van der Waals surface area contributed by atoms with Crippen molar-refractivity contribution in [3.05, 3.63) is 29.8 Å². The van der Waals surface area contributed by atoms with Gasteiger partial charge in [0.1, 0.15) is 11.9 Å². The number of aliphatic hydroxyl groups excluding tert-OH is 1. The number of ether oxygens (including phenoxy) is 2. The van der Waals surface area contributed by atoms with Gasteiger partial charge in [-0.3, -0.25) is 0 Å². The third-order valence-corrected chi connectivity index (χ3v) is 2.44. The van der Waals surface area contributed by atoms with Gasteiger partial charge in [-0.1, -0.05) is 18.1 Å². The maximum absolute atomic E-state index is 9.26. The van der Waals surface area contributed by atoms with Crippen LogP contribution in [0.2, 0.25) is 0 Å². The van der Waals surface area contributed by atoms with E-state index in [-0.39, 0.29) is 6.10 Å². The molecule has 0 spiro atoms. The van der Waals surface area contributed by atoms with Crippen molar-refractivity contribution < 1.29 is 14.6 Å². The van der Waals surface area contributed by atoms with E-state index < -0.39 is 6.10 Å². The van der Waals surface area contributed by atoms with Gasteiger partial charge in [0.2, 0.25) is 0 Å². The maximum Gasteiger partial charge on any atom is 0.118 e. The van der Waals surface area contributed by atoms with E-state index in [1.165, 1.54) is 0 Å². The fourth-order valence-electron chi connectivity index (χ4n) is 1.41. The van der Waals surface area contributed by atoms with Crippen LogP contribution in [-0.2, 0) is 11.3 Å². The summed E-state index contributed by atoms with van der Waals surface area (Å²) in [5, 5.41) is 9.26. The highest BCUT2D eigenvalue weighted by Crippen LogP contribution is 2.13.